The lowest BCUT2D eigenvalue weighted by molar-refractivity contribution is -0.151. The summed E-state index contributed by atoms with van der Waals surface area (Å²) in [5, 5.41) is 8.58. The number of aliphatic carboxylic acids is 1. The van der Waals surface area contributed by atoms with Gasteiger partial charge in [0.1, 0.15) is 18.7 Å². The molecule has 0 spiro atoms. The van der Waals surface area contributed by atoms with Crippen LogP contribution < -0.4 is 10.5 Å². The molecule has 9 nitrogen and oxygen atoms in total. The van der Waals surface area contributed by atoms with Crippen LogP contribution in [0.2, 0.25) is 0 Å². The van der Waals surface area contributed by atoms with E-state index in [-0.39, 0.29) is 6.42 Å². The third kappa shape index (κ3) is 5.41. The van der Waals surface area contributed by atoms with Crippen LogP contribution in [0, 0.1) is 0 Å². The molecule has 0 aromatic carbocycles. The average molecular weight is 311 g/mol. The lowest BCUT2D eigenvalue weighted by Gasteiger charge is -2.25. The Kier molecular flexibility index (Phi) is 7.64. The lowest BCUT2D eigenvalue weighted by Crippen LogP contribution is -2.48. The van der Waals surface area contributed by atoms with Crippen molar-refractivity contribution in [2.24, 2.45) is 5.73 Å². The highest BCUT2D eigenvalue weighted by atomic mass is 32.2. The van der Waals surface area contributed by atoms with Crippen LogP contribution >= 0.6 is 0 Å². The van der Waals surface area contributed by atoms with Crippen molar-refractivity contribution in [3.63, 3.8) is 0 Å². The second kappa shape index (κ2) is 8.15. The Bertz CT molecular complexity index is 438. The number of carbonyl (C=O) groups excluding carboxylic acids is 1. The van der Waals surface area contributed by atoms with Crippen molar-refractivity contribution in [1.82, 2.24) is 9.03 Å². The molecule has 0 fully saturated rings. The number of carboxylic acid groups (broad SMARTS) is 1. The van der Waals surface area contributed by atoms with Gasteiger partial charge in [-0.3, -0.25) is 9.59 Å². The Hall–Kier alpha value is -1.23. The van der Waals surface area contributed by atoms with E-state index < -0.39 is 40.8 Å². The highest BCUT2D eigenvalue weighted by molar-refractivity contribution is 7.87. The van der Waals surface area contributed by atoms with Gasteiger partial charge in [-0.2, -0.15) is 12.7 Å². The van der Waals surface area contributed by atoms with Gasteiger partial charge in [0, 0.05) is 14.1 Å². The smallest absolute Gasteiger partial charge is 0.324 e. The third-order valence-corrected chi connectivity index (χ3v) is 4.16. The Labute approximate surface area is 118 Å². The lowest BCUT2D eigenvalue weighted by atomic mass is 10.2. The van der Waals surface area contributed by atoms with E-state index >= 15 is 0 Å². The highest BCUT2D eigenvalue weighted by Gasteiger charge is 2.32. The molecular weight excluding hydrogens is 290 g/mol. The number of carboxylic acids is 1. The van der Waals surface area contributed by atoms with Gasteiger partial charge in [0.05, 0.1) is 0 Å². The normalized spacial score (nSPS) is 14.8. The molecule has 0 amide bonds. The van der Waals surface area contributed by atoms with Gasteiger partial charge < -0.3 is 15.6 Å². The minimum atomic E-state index is -3.78. The molecule has 4 N–H and O–H groups in total. The third-order valence-electron chi connectivity index (χ3n) is 2.63. The van der Waals surface area contributed by atoms with Crippen LogP contribution in [0.4, 0.5) is 0 Å². The number of hydrogen-bond acceptors (Lipinski definition) is 6. The number of nitrogens with zero attached hydrogens (tertiary/aromatic N) is 1. The topological polar surface area (TPSA) is 139 Å². The van der Waals surface area contributed by atoms with E-state index in [1.807, 2.05) is 0 Å². The number of nitrogens with two attached hydrogens (primary N) is 1. The predicted molar refractivity (Wildman–Crippen MR) is 71.0 cm³/mol. The van der Waals surface area contributed by atoms with Gasteiger partial charge in [0.25, 0.3) is 10.2 Å². The molecule has 20 heavy (non-hydrogen) atoms. The largest absolute Gasteiger partial charge is 0.480 e. The van der Waals surface area contributed by atoms with Gasteiger partial charge in [-0.1, -0.05) is 13.3 Å². The van der Waals surface area contributed by atoms with Crippen molar-refractivity contribution in [3.05, 3.63) is 0 Å². The molecule has 0 radical (unpaired) electrons. The molecule has 0 saturated heterocycles. The second-order valence-corrected chi connectivity index (χ2v) is 6.04. The van der Waals surface area contributed by atoms with Crippen LogP contribution in [0.3, 0.4) is 0 Å². The summed E-state index contributed by atoms with van der Waals surface area (Å²) in [6, 6.07) is -2.37. The number of carbonyl (C=O) groups is 2. The maximum atomic E-state index is 11.9. The van der Waals surface area contributed by atoms with E-state index in [4.69, 9.17) is 15.6 Å². The summed E-state index contributed by atoms with van der Waals surface area (Å²) < 4.78 is 31.0. The fourth-order valence-corrected chi connectivity index (χ4v) is 2.19. The molecule has 0 rings (SSSR count). The van der Waals surface area contributed by atoms with Gasteiger partial charge in [0.15, 0.2) is 0 Å². The summed E-state index contributed by atoms with van der Waals surface area (Å²) in [5.41, 5.74) is 5.21. The number of ether oxygens (including phenoxy) is 1. The zero-order chi connectivity index (χ0) is 15.9. The van der Waals surface area contributed by atoms with Crippen molar-refractivity contribution in [1.29, 1.82) is 0 Å². The molecule has 10 heteroatoms. The zero-order valence-electron chi connectivity index (χ0n) is 11.7. The van der Waals surface area contributed by atoms with E-state index in [2.05, 4.69) is 4.72 Å². The van der Waals surface area contributed by atoms with Crippen molar-refractivity contribution in [3.8, 4) is 0 Å². The zero-order valence-corrected chi connectivity index (χ0v) is 12.5. The molecule has 0 bridgehead atoms. The minimum absolute atomic E-state index is 0.249. The van der Waals surface area contributed by atoms with Gasteiger partial charge in [-0.15, -0.1) is 0 Å². The molecule has 0 aliphatic carbocycles. The molecule has 0 aromatic rings. The Morgan fingerprint density at radius 1 is 1.45 bits per heavy atom. The van der Waals surface area contributed by atoms with E-state index in [0.717, 1.165) is 4.31 Å². The summed E-state index contributed by atoms with van der Waals surface area (Å²) in [6.45, 7) is 1.27. The molecule has 0 heterocycles. The molecule has 118 valence electrons. The first-order valence-corrected chi connectivity index (χ1v) is 7.42. The van der Waals surface area contributed by atoms with Crippen LogP contribution in [0.15, 0.2) is 0 Å². The van der Waals surface area contributed by atoms with Crippen LogP contribution in [-0.4, -0.2) is 62.6 Å². The van der Waals surface area contributed by atoms with E-state index in [9.17, 15) is 18.0 Å². The van der Waals surface area contributed by atoms with Crippen molar-refractivity contribution >= 4 is 22.1 Å². The van der Waals surface area contributed by atoms with Crippen LogP contribution in [0.1, 0.15) is 19.8 Å². The van der Waals surface area contributed by atoms with Gasteiger partial charge in [-0.05, 0) is 6.42 Å². The maximum absolute atomic E-state index is 11.9. The van der Waals surface area contributed by atoms with E-state index in [1.165, 1.54) is 14.1 Å². The molecular formula is C10H21N3O6S. The Morgan fingerprint density at radius 3 is 2.40 bits per heavy atom. The summed E-state index contributed by atoms with van der Waals surface area (Å²) >= 11 is 0. The molecule has 0 aromatic heterocycles. The first-order chi connectivity index (χ1) is 9.17. The fourth-order valence-electron chi connectivity index (χ4n) is 1.37. The molecule has 0 unspecified atom stereocenters. The van der Waals surface area contributed by atoms with Gasteiger partial charge >= 0.3 is 11.9 Å². The Balaban J connectivity index is 4.83. The fraction of sp³-hybridized carbons (Fsp3) is 0.800. The first-order valence-electron chi connectivity index (χ1n) is 5.98. The average Bonchev–Trinajstić information content (AvgIpc) is 2.40. The Morgan fingerprint density at radius 2 is 2.00 bits per heavy atom. The van der Waals surface area contributed by atoms with Crippen LogP contribution in [0.5, 0.6) is 0 Å². The highest BCUT2D eigenvalue weighted by Crippen LogP contribution is 2.11. The standard InChI is InChI=1S/C10H21N3O6S/c1-4-5-8(13(3)20(17,18)12-2)10(16)19-6-7(11)9(14)15/h7-8,12H,4-6,11H2,1-3H3,(H,14,15)/t7-,8-/m0/s1. The molecule has 0 aliphatic rings. The van der Waals surface area contributed by atoms with Crippen LogP contribution in [0.25, 0.3) is 0 Å². The summed E-state index contributed by atoms with van der Waals surface area (Å²) in [4.78, 5) is 22.4. The molecule has 2 atom stereocenters. The number of likely N-dealkylation sites (N-methyl/N-ethyl adjacent to an activating group) is 1. The quantitative estimate of drug-likeness (QED) is 0.441. The van der Waals surface area contributed by atoms with Gasteiger partial charge in [0.2, 0.25) is 0 Å². The SMILES string of the molecule is CCC[C@@H](C(=O)OC[C@H](N)C(=O)O)N(C)S(=O)(=O)NC. The predicted octanol–water partition coefficient (Wildman–Crippen LogP) is -1.49. The van der Waals surface area contributed by atoms with E-state index in [1.54, 1.807) is 6.92 Å². The second-order valence-electron chi connectivity index (χ2n) is 4.10. The maximum Gasteiger partial charge on any atom is 0.324 e. The van der Waals surface area contributed by atoms with Gasteiger partial charge in [-0.25, -0.2) is 4.72 Å². The number of esters is 1. The van der Waals surface area contributed by atoms with Crippen molar-refractivity contribution in [2.45, 2.75) is 31.8 Å². The first kappa shape index (κ1) is 18.8. The molecule has 0 saturated carbocycles. The van der Waals surface area contributed by atoms with Crippen molar-refractivity contribution < 1.29 is 27.9 Å². The number of hydrogen-bond donors (Lipinski definition) is 3. The van der Waals surface area contributed by atoms with Crippen molar-refractivity contribution in [2.75, 3.05) is 20.7 Å². The summed E-state index contributed by atoms with van der Waals surface area (Å²) in [6.07, 6.45) is 0.798. The minimum Gasteiger partial charge on any atom is -0.480 e. The number of nitrogens with one attached hydrogen (secondary N) is 1. The summed E-state index contributed by atoms with van der Waals surface area (Å²) in [7, 11) is -1.32. The van der Waals surface area contributed by atoms with Crippen LogP contribution in [-0.2, 0) is 24.5 Å². The molecule has 0 aliphatic heterocycles. The number of rotatable bonds is 9. The summed E-state index contributed by atoms with van der Waals surface area (Å²) in [5.74, 6) is -2.13. The van der Waals surface area contributed by atoms with E-state index in [0.29, 0.717) is 6.42 Å². The monoisotopic (exact) mass is 311 g/mol.